The van der Waals surface area contributed by atoms with Crippen molar-refractivity contribution in [1.82, 2.24) is 0 Å². The van der Waals surface area contributed by atoms with Crippen LogP contribution in [0, 0.1) is 6.92 Å². The average Bonchev–Trinajstić information content (AvgIpc) is 3.17. The molecule has 3 rings (SSSR count). The highest BCUT2D eigenvalue weighted by Crippen LogP contribution is 2.35. The summed E-state index contributed by atoms with van der Waals surface area (Å²) in [6.45, 7) is 5.16. The molecule has 0 bridgehead atoms. The second-order valence-electron chi connectivity index (χ2n) is 7.15. The fraction of sp³-hybridized carbons (Fsp3) is 0.391. The van der Waals surface area contributed by atoms with Gasteiger partial charge in [-0.15, -0.1) is 0 Å². The Kier molecular flexibility index (Phi) is 7.11. The Morgan fingerprint density at radius 2 is 1.72 bits per heavy atom. The summed E-state index contributed by atoms with van der Waals surface area (Å²) in [5.74, 6) is 0.683. The number of aryl methyl sites for hydroxylation is 1. The molecule has 0 amide bonds. The molecule has 156 valence electrons. The molecular formula is C23H28O5S. The van der Waals surface area contributed by atoms with Crippen LogP contribution in [0.1, 0.15) is 30.9 Å². The highest BCUT2D eigenvalue weighted by atomic mass is 32.2. The molecule has 0 spiro atoms. The third kappa shape index (κ3) is 5.47. The third-order valence-electron chi connectivity index (χ3n) is 5.00. The highest BCUT2D eigenvalue weighted by molar-refractivity contribution is 7.88. The number of methoxy groups -OCH3 is 2. The molecule has 1 aliphatic rings. The van der Waals surface area contributed by atoms with E-state index in [2.05, 4.69) is 0 Å². The van der Waals surface area contributed by atoms with Gasteiger partial charge in [0.2, 0.25) is 0 Å². The standard InChI is InChI=1S/C23H28O5S/c1-17-5-8-20(9-6-17)29(24)16-19(11-12-23(2)27-13-14-28-23)18-7-10-21(25-3)22(15-18)26-4/h5-10,15-16H,11-14H2,1-4H3/b19-16+/t29-/m1/s1. The summed E-state index contributed by atoms with van der Waals surface area (Å²) in [6, 6.07) is 13.5. The molecule has 0 saturated carbocycles. The molecule has 6 heteroatoms. The van der Waals surface area contributed by atoms with Crippen LogP contribution >= 0.6 is 0 Å². The Morgan fingerprint density at radius 3 is 2.34 bits per heavy atom. The molecule has 5 nitrogen and oxygen atoms in total. The molecule has 0 unspecified atom stereocenters. The lowest BCUT2D eigenvalue weighted by atomic mass is 9.99. The summed E-state index contributed by atoms with van der Waals surface area (Å²) in [7, 11) is 1.95. The molecule has 1 saturated heterocycles. The van der Waals surface area contributed by atoms with Crippen molar-refractivity contribution in [2.75, 3.05) is 27.4 Å². The van der Waals surface area contributed by atoms with E-state index < -0.39 is 16.6 Å². The first-order valence-electron chi connectivity index (χ1n) is 9.62. The summed E-state index contributed by atoms with van der Waals surface area (Å²) in [5, 5.41) is 1.81. The molecule has 1 aliphatic heterocycles. The van der Waals surface area contributed by atoms with Crippen molar-refractivity contribution in [1.29, 1.82) is 0 Å². The first kappa shape index (κ1) is 21.6. The highest BCUT2D eigenvalue weighted by Gasteiger charge is 2.30. The Morgan fingerprint density at radius 1 is 1.07 bits per heavy atom. The van der Waals surface area contributed by atoms with Crippen LogP contribution in [0.15, 0.2) is 52.8 Å². The van der Waals surface area contributed by atoms with E-state index in [-0.39, 0.29) is 0 Å². The first-order chi connectivity index (χ1) is 13.9. The summed E-state index contributed by atoms with van der Waals surface area (Å²) in [6.07, 6.45) is 1.32. The average molecular weight is 417 g/mol. The van der Waals surface area contributed by atoms with E-state index in [0.29, 0.717) is 37.6 Å². The van der Waals surface area contributed by atoms with Gasteiger partial charge >= 0.3 is 0 Å². The largest absolute Gasteiger partial charge is 0.493 e. The maximum absolute atomic E-state index is 13.0. The molecule has 0 aliphatic carbocycles. The van der Waals surface area contributed by atoms with Crippen LogP contribution < -0.4 is 9.47 Å². The number of ether oxygens (including phenoxy) is 4. The van der Waals surface area contributed by atoms with E-state index >= 15 is 0 Å². The second-order valence-corrected chi connectivity index (χ2v) is 8.46. The number of hydrogen-bond donors (Lipinski definition) is 0. The van der Waals surface area contributed by atoms with Crippen LogP contribution in [0.25, 0.3) is 5.57 Å². The van der Waals surface area contributed by atoms with Gasteiger partial charge in [0.05, 0.1) is 38.2 Å². The number of hydrogen-bond acceptors (Lipinski definition) is 5. The Labute approximate surface area is 175 Å². The van der Waals surface area contributed by atoms with Crippen LogP contribution in [0.2, 0.25) is 0 Å². The lowest BCUT2D eigenvalue weighted by molar-refractivity contribution is -0.145. The van der Waals surface area contributed by atoms with E-state index in [1.807, 2.05) is 61.7 Å². The van der Waals surface area contributed by atoms with E-state index in [4.69, 9.17) is 18.9 Å². The number of benzene rings is 2. The van der Waals surface area contributed by atoms with Crippen molar-refractivity contribution in [2.45, 2.75) is 37.4 Å². The first-order valence-corrected chi connectivity index (χ1v) is 10.8. The van der Waals surface area contributed by atoms with E-state index in [1.165, 1.54) is 0 Å². The molecule has 0 radical (unpaired) electrons. The van der Waals surface area contributed by atoms with Gasteiger partial charge in [0.1, 0.15) is 0 Å². The van der Waals surface area contributed by atoms with Crippen molar-refractivity contribution in [2.24, 2.45) is 0 Å². The minimum Gasteiger partial charge on any atom is -0.493 e. The summed E-state index contributed by atoms with van der Waals surface area (Å²) < 4.78 is 35.3. The predicted molar refractivity (Wildman–Crippen MR) is 115 cm³/mol. The minimum absolute atomic E-state index is 0.598. The van der Waals surface area contributed by atoms with Crippen LogP contribution in [0.5, 0.6) is 11.5 Å². The normalized spacial score (nSPS) is 17.2. The van der Waals surface area contributed by atoms with Gasteiger partial charge in [-0.2, -0.15) is 0 Å². The zero-order chi connectivity index (χ0) is 20.9. The maximum Gasteiger partial charge on any atom is 0.166 e. The quantitative estimate of drug-likeness (QED) is 0.624. The molecular weight excluding hydrogens is 388 g/mol. The Hall–Kier alpha value is -2.15. The summed E-state index contributed by atoms with van der Waals surface area (Å²) >= 11 is 0. The van der Waals surface area contributed by atoms with Crippen LogP contribution in [0.4, 0.5) is 0 Å². The molecule has 2 aromatic carbocycles. The van der Waals surface area contributed by atoms with E-state index in [0.717, 1.165) is 21.6 Å². The zero-order valence-corrected chi connectivity index (χ0v) is 18.2. The second kappa shape index (κ2) is 9.57. The van der Waals surface area contributed by atoms with Crippen molar-refractivity contribution in [3.63, 3.8) is 0 Å². The smallest absolute Gasteiger partial charge is 0.166 e. The summed E-state index contributed by atoms with van der Waals surface area (Å²) in [5.41, 5.74) is 3.02. The predicted octanol–water partition coefficient (Wildman–Crippen LogP) is 4.70. The minimum atomic E-state index is -1.27. The third-order valence-corrected chi connectivity index (χ3v) is 6.24. The SMILES string of the molecule is COc1ccc(/C(=C/[S@@](=O)c2ccc(C)cc2)CCC2(C)OCCO2)cc1OC. The van der Waals surface area contributed by atoms with Crippen LogP contribution in [-0.4, -0.2) is 37.4 Å². The van der Waals surface area contributed by atoms with Gasteiger partial charge in [-0.05, 0) is 55.7 Å². The van der Waals surface area contributed by atoms with E-state index in [1.54, 1.807) is 14.2 Å². The molecule has 0 aromatic heterocycles. The fourth-order valence-electron chi connectivity index (χ4n) is 3.24. The van der Waals surface area contributed by atoms with Gasteiger partial charge in [-0.3, -0.25) is 0 Å². The molecule has 2 aromatic rings. The topological polar surface area (TPSA) is 54.0 Å². The molecule has 29 heavy (non-hydrogen) atoms. The molecule has 1 fully saturated rings. The lowest BCUT2D eigenvalue weighted by Crippen LogP contribution is -2.25. The van der Waals surface area contributed by atoms with Gasteiger partial charge < -0.3 is 18.9 Å². The van der Waals surface area contributed by atoms with Gasteiger partial charge in [0.25, 0.3) is 0 Å². The number of rotatable bonds is 8. The monoisotopic (exact) mass is 416 g/mol. The fourth-order valence-corrected chi connectivity index (χ4v) is 4.29. The van der Waals surface area contributed by atoms with E-state index in [9.17, 15) is 4.21 Å². The molecule has 1 heterocycles. The maximum atomic E-state index is 13.0. The van der Waals surface area contributed by atoms with Crippen molar-refractivity contribution in [3.8, 4) is 11.5 Å². The lowest BCUT2D eigenvalue weighted by Gasteiger charge is -2.23. The van der Waals surface area contributed by atoms with Crippen LogP contribution in [0.3, 0.4) is 0 Å². The van der Waals surface area contributed by atoms with Gasteiger partial charge in [0.15, 0.2) is 17.3 Å². The van der Waals surface area contributed by atoms with Crippen molar-refractivity contribution < 1.29 is 23.2 Å². The van der Waals surface area contributed by atoms with Gasteiger partial charge in [0, 0.05) is 16.7 Å². The van der Waals surface area contributed by atoms with Gasteiger partial charge in [-0.25, -0.2) is 4.21 Å². The number of allylic oxidation sites excluding steroid dienone is 1. The Balaban J connectivity index is 1.92. The van der Waals surface area contributed by atoms with Gasteiger partial charge in [-0.1, -0.05) is 23.8 Å². The van der Waals surface area contributed by atoms with Crippen LogP contribution in [-0.2, 0) is 20.3 Å². The van der Waals surface area contributed by atoms with Crippen molar-refractivity contribution >= 4 is 16.4 Å². The Bertz CT molecular complexity index is 883. The molecule has 1 atom stereocenters. The zero-order valence-electron chi connectivity index (χ0n) is 17.4. The van der Waals surface area contributed by atoms with Crippen molar-refractivity contribution in [3.05, 3.63) is 59.0 Å². The molecule has 0 N–H and O–H groups in total. The summed E-state index contributed by atoms with van der Waals surface area (Å²) in [4.78, 5) is 0.771.